The second-order valence-corrected chi connectivity index (χ2v) is 31.4. The molecule has 1 spiro atoms. The lowest BCUT2D eigenvalue weighted by atomic mass is 10.1. The second kappa shape index (κ2) is 26.8. The molecule has 10 aliphatic rings. The third-order valence-corrected chi connectivity index (χ3v) is 21.5. The van der Waals surface area contributed by atoms with Crippen LogP contribution in [0.1, 0.15) is 113 Å². The van der Waals surface area contributed by atoms with E-state index < -0.39 is 96.6 Å². The zero-order valence-electron chi connectivity index (χ0n) is 51.7. The molecule has 0 amide bonds. The van der Waals surface area contributed by atoms with Gasteiger partial charge in [0.05, 0.1) is 68.7 Å². The summed E-state index contributed by atoms with van der Waals surface area (Å²) < 4.78 is 157. The quantitative estimate of drug-likeness (QED) is 0.110. The molecule has 2 aliphatic carbocycles. The monoisotopic (exact) mass is 1170 g/mol. The number of rotatable bonds is 24. The van der Waals surface area contributed by atoms with Gasteiger partial charge >= 0.3 is 6.72 Å². The summed E-state index contributed by atoms with van der Waals surface area (Å²) in [5, 5.41) is 3.44. The Labute approximate surface area is 469 Å². The van der Waals surface area contributed by atoms with E-state index in [-0.39, 0.29) is 99.2 Å². The van der Waals surface area contributed by atoms with Crippen LogP contribution in [-0.2, 0) is 90.3 Å². The molecule has 75 heavy (non-hydrogen) atoms. The van der Waals surface area contributed by atoms with Gasteiger partial charge in [0, 0.05) is 61.0 Å². The molecule has 17 unspecified atom stereocenters. The first-order chi connectivity index (χ1) is 38.3. The molecular formula is C47H88B3N2O17P2SSi3. The first-order valence-electron chi connectivity index (χ1n) is 30.8. The molecule has 425 valence electrons. The van der Waals surface area contributed by atoms with Crippen molar-refractivity contribution in [1.82, 2.24) is 9.99 Å². The predicted octanol–water partition coefficient (Wildman–Crippen LogP) is 3.38. The Kier molecular flexibility index (Phi) is 18.9. The van der Waals surface area contributed by atoms with E-state index in [1.807, 2.05) is 20.8 Å². The van der Waals surface area contributed by atoms with Crippen molar-refractivity contribution < 1.29 is 78.5 Å². The third kappa shape index (κ3) is 15.5. The molecule has 0 bridgehead atoms. The summed E-state index contributed by atoms with van der Waals surface area (Å²) in [4.78, 5) is 0. The first-order valence-corrected chi connectivity index (χ1v) is 37.2. The molecule has 0 aromatic rings. The van der Waals surface area contributed by atoms with Gasteiger partial charge in [0.15, 0.2) is 18.4 Å². The van der Waals surface area contributed by atoms with Crippen molar-refractivity contribution in [2.24, 2.45) is 0 Å². The minimum Gasteiger partial charge on any atom is -0.427 e. The number of hydrogen-bond donors (Lipinski definition) is 1. The highest BCUT2D eigenvalue weighted by Crippen LogP contribution is 2.59. The number of nitrogens with zero attached hydrogens (tertiary/aromatic N) is 1. The summed E-state index contributed by atoms with van der Waals surface area (Å²) in [6.45, 7) is 17.1. The Balaban J connectivity index is 0.000000209. The smallest absolute Gasteiger partial charge is 0.328 e. The minimum atomic E-state index is -3.63. The molecule has 28 heteroatoms. The van der Waals surface area contributed by atoms with E-state index in [9.17, 15) is 0 Å². The van der Waals surface area contributed by atoms with Crippen LogP contribution < -0.4 is 5.32 Å². The summed E-state index contributed by atoms with van der Waals surface area (Å²) in [5.41, 5.74) is 0. The van der Waals surface area contributed by atoms with E-state index >= 15 is 0 Å². The largest absolute Gasteiger partial charge is 0.427 e. The average Bonchev–Trinajstić information content (AvgIpc) is 4.50. The van der Waals surface area contributed by atoms with E-state index in [2.05, 4.69) is 37.7 Å². The van der Waals surface area contributed by atoms with Gasteiger partial charge in [0.2, 0.25) is 0 Å². The topological polar surface area (TPSA) is 172 Å². The van der Waals surface area contributed by atoms with Crippen LogP contribution in [0.3, 0.4) is 0 Å². The molecule has 10 fully saturated rings. The van der Waals surface area contributed by atoms with E-state index in [0.717, 1.165) is 73.6 Å². The van der Waals surface area contributed by atoms with Gasteiger partial charge in [-0.3, -0.25) is 4.52 Å². The maximum atomic E-state index is 8.43. The van der Waals surface area contributed by atoms with Crippen LogP contribution in [-0.4, -0.2) is 228 Å². The molecule has 10 rings (SSSR count). The highest BCUT2D eigenvalue weighted by atomic mass is 32.5. The van der Waals surface area contributed by atoms with Crippen LogP contribution in [0.4, 0.5) is 0 Å². The predicted molar refractivity (Wildman–Crippen MR) is 298 cm³/mol. The number of ether oxygens (including phenoxy) is 9. The molecule has 19 nitrogen and oxygen atoms in total. The summed E-state index contributed by atoms with van der Waals surface area (Å²) in [6.07, 6.45) is 2.56. The maximum absolute atomic E-state index is 8.43. The summed E-state index contributed by atoms with van der Waals surface area (Å²) >= 11 is 6.21. The van der Waals surface area contributed by atoms with Crippen LogP contribution in [0, 0.1) is 0 Å². The zero-order valence-corrected chi connectivity index (χ0v) is 51.3. The molecule has 8 saturated heterocycles. The molecular weight excluding hydrogens is 1080 g/mol. The zero-order chi connectivity index (χ0) is 58.2. The average molecular weight is 1170 g/mol. The Morgan fingerprint density at radius 3 is 1.99 bits per heavy atom. The molecule has 8 heterocycles. The molecule has 24 atom stereocenters. The van der Waals surface area contributed by atoms with Gasteiger partial charge in [-0.1, -0.05) is 33.5 Å². The fraction of sp³-hybridized carbons (Fsp3) is 1.00. The van der Waals surface area contributed by atoms with E-state index in [4.69, 9.17) is 98.0 Å². The fourth-order valence-electron chi connectivity index (χ4n) is 11.8. The summed E-state index contributed by atoms with van der Waals surface area (Å²) in [5.74, 6) is -0.499. The van der Waals surface area contributed by atoms with Crippen LogP contribution in [0.2, 0.25) is 19.6 Å². The van der Waals surface area contributed by atoms with Crippen molar-refractivity contribution in [2.45, 2.75) is 267 Å². The molecule has 1 N–H and O–H groups in total. The molecule has 8 aliphatic heterocycles. The Hall–Kier alpha value is 1.17. The van der Waals surface area contributed by atoms with Crippen LogP contribution in [0.5, 0.6) is 0 Å². The fourth-order valence-corrected chi connectivity index (χ4v) is 17.7. The van der Waals surface area contributed by atoms with Crippen LogP contribution >= 0.6 is 15.2 Å². The van der Waals surface area contributed by atoms with Crippen LogP contribution in [0.25, 0.3) is 0 Å². The lowest BCUT2D eigenvalue weighted by Gasteiger charge is -2.43. The number of hydrogen-bond acceptors (Lipinski definition) is 20. The van der Waals surface area contributed by atoms with Gasteiger partial charge in [-0.25, -0.2) is 4.67 Å². The van der Waals surface area contributed by atoms with Gasteiger partial charge in [-0.05, 0) is 82.5 Å². The van der Waals surface area contributed by atoms with Gasteiger partial charge in [0.1, 0.15) is 104 Å². The summed E-state index contributed by atoms with van der Waals surface area (Å²) in [7, 11) is -7.08. The standard InChI is InChI=1S/C27H52B2NO10PSSi2.C20H36BNO7PSi/c1-15(2)30-12-22-25(26-27(37-22)36-19-9-7-8-18(19)35-26)39-41(42,31-13-23-21(40-44(6)29)11-17(4)33-23)38-20-10-16(3)34-24(20)14-32-43(5)28;1-12(2)22-10-15-17(18-19(25-15)27-20(26-18)7-5-6-8-20)29-30(22)28-14-9-13(3)24-16(14)11-23-31(4)21/h15-30,43-44H,7-14H2,1-6H3;12-19,21,31H,5-11H2,1-4H3/t16?,17?,18?,19?,20?,21?,22-,23?,24?,25+,26-,27?,41?,43?,44?;13?,14?,15-,16?,17+,18-,19-,30?,31?/m11/s1/i28T,29T,43D,44D;21T,31D. The first kappa shape index (κ1) is 52.9. The van der Waals surface area contributed by atoms with Crippen molar-refractivity contribution in [2.75, 3.05) is 32.9 Å². The maximum Gasteiger partial charge on any atom is 0.328 e. The SMILES string of the molecule is [2H][Si](C)([B][3H])OCC1OC(C)CC1OP(=S)(OCC1OC(C)CC1O[Si]([2H])(C)[B][3H])O[C@H]1[C@@H](CNC(C)C)OC2OC3CCCC3O[C@@H]21.[2H][Si](C)([B][3H])OCC1OC(C)CC1OP1O[C@@H]2[C@H]3OC4(CCCC4)O[C@H]3O[C@@H]2CN1C(C)C. The molecule has 0 aromatic carbocycles. The lowest BCUT2D eigenvalue weighted by Crippen LogP contribution is -2.49. The lowest BCUT2D eigenvalue weighted by molar-refractivity contribution is -0.269. The molecule has 3 radical (unpaired) electrons. The molecule has 2 saturated carbocycles. The number of fused-ring (bicyclic) bond motifs is 5. The second-order valence-electron chi connectivity index (χ2n) is 22.6. The highest BCUT2D eigenvalue weighted by Gasteiger charge is 2.62. The normalized spacial score (nSPS) is 46.3. The van der Waals surface area contributed by atoms with Gasteiger partial charge in [0.25, 0.3) is 8.53 Å². The van der Waals surface area contributed by atoms with Crippen LogP contribution in [0.15, 0.2) is 0 Å². The van der Waals surface area contributed by atoms with Gasteiger partial charge in [-0.15, -0.1) is 0 Å². The van der Waals surface area contributed by atoms with Gasteiger partial charge in [-0.2, -0.15) is 0 Å². The highest BCUT2D eigenvalue weighted by molar-refractivity contribution is 8.07. The summed E-state index contributed by atoms with van der Waals surface area (Å²) in [6, 6.07) is 0.421. The van der Waals surface area contributed by atoms with E-state index in [0.29, 0.717) is 25.9 Å². The van der Waals surface area contributed by atoms with E-state index in [1.165, 1.54) is 0 Å². The van der Waals surface area contributed by atoms with Crippen molar-refractivity contribution in [3.63, 3.8) is 0 Å². The van der Waals surface area contributed by atoms with Crippen molar-refractivity contribution in [1.29, 1.82) is 7.71 Å². The number of nitrogens with one attached hydrogen (secondary N) is 1. The Morgan fingerprint density at radius 1 is 0.720 bits per heavy atom. The minimum absolute atomic E-state index is 0.0107. The van der Waals surface area contributed by atoms with Crippen molar-refractivity contribution >= 4 is 75.8 Å². The van der Waals surface area contributed by atoms with E-state index in [1.54, 1.807) is 19.6 Å². The third-order valence-electron chi connectivity index (χ3n) is 15.3. The van der Waals surface area contributed by atoms with Crippen molar-refractivity contribution in [3.8, 4) is 0 Å². The van der Waals surface area contributed by atoms with Crippen molar-refractivity contribution in [3.05, 3.63) is 0 Å². The Bertz CT molecular complexity index is 2100. The van der Waals surface area contributed by atoms with Gasteiger partial charge < -0.3 is 79.3 Å². The Morgan fingerprint density at radius 2 is 1.33 bits per heavy atom. The molecule has 0 aromatic heterocycles.